The zero-order valence-electron chi connectivity index (χ0n) is 7.66. The van der Waals surface area contributed by atoms with Crippen molar-refractivity contribution in [1.82, 2.24) is 0 Å². The first-order valence-electron chi connectivity index (χ1n) is 4.24. The van der Waals surface area contributed by atoms with Crippen molar-refractivity contribution >= 4 is 0 Å². The SMILES string of the molecule is COCCC(N)c1ccc(F)cc1. The van der Waals surface area contributed by atoms with E-state index in [-0.39, 0.29) is 11.9 Å². The number of halogens is 1. The molecule has 1 aromatic rings. The van der Waals surface area contributed by atoms with Crippen LogP contribution in [0.2, 0.25) is 0 Å². The minimum absolute atomic E-state index is 0.0689. The van der Waals surface area contributed by atoms with Crippen molar-refractivity contribution < 1.29 is 9.13 Å². The maximum Gasteiger partial charge on any atom is 0.123 e. The van der Waals surface area contributed by atoms with Crippen LogP contribution < -0.4 is 5.73 Å². The molecule has 1 unspecified atom stereocenters. The van der Waals surface area contributed by atoms with Gasteiger partial charge in [0.25, 0.3) is 0 Å². The van der Waals surface area contributed by atoms with E-state index in [1.54, 1.807) is 19.2 Å². The highest BCUT2D eigenvalue weighted by molar-refractivity contribution is 5.19. The molecule has 2 N–H and O–H groups in total. The Hall–Kier alpha value is -0.930. The highest BCUT2D eigenvalue weighted by atomic mass is 19.1. The second-order valence-electron chi connectivity index (χ2n) is 2.94. The summed E-state index contributed by atoms with van der Waals surface area (Å²) in [4.78, 5) is 0. The zero-order chi connectivity index (χ0) is 9.68. The molecule has 2 nitrogen and oxygen atoms in total. The van der Waals surface area contributed by atoms with Gasteiger partial charge in [0.05, 0.1) is 0 Å². The summed E-state index contributed by atoms with van der Waals surface area (Å²) in [5.74, 6) is -0.234. The van der Waals surface area contributed by atoms with E-state index >= 15 is 0 Å². The minimum atomic E-state index is -0.234. The van der Waals surface area contributed by atoms with Crippen LogP contribution in [0.3, 0.4) is 0 Å². The Labute approximate surface area is 77.5 Å². The number of hydrogen-bond donors (Lipinski definition) is 1. The average molecular weight is 183 g/mol. The number of methoxy groups -OCH3 is 1. The van der Waals surface area contributed by atoms with Gasteiger partial charge in [-0.1, -0.05) is 12.1 Å². The molecule has 1 atom stereocenters. The van der Waals surface area contributed by atoms with Crippen molar-refractivity contribution in [2.75, 3.05) is 13.7 Å². The summed E-state index contributed by atoms with van der Waals surface area (Å²) < 4.78 is 17.4. The highest BCUT2D eigenvalue weighted by Crippen LogP contribution is 2.13. The molecule has 0 saturated heterocycles. The molecule has 3 heteroatoms. The minimum Gasteiger partial charge on any atom is -0.385 e. The van der Waals surface area contributed by atoms with Gasteiger partial charge >= 0.3 is 0 Å². The molecule has 0 heterocycles. The Morgan fingerprint density at radius 3 is 2.54 bits per heavy atom. The smallest absolute Gasteiger partial charge is 0.123 e. The topological polar surface area (TPSA) is 35.2 Å². The van der Waals surface area contributed by atoms with E-state index in [1.807, 2.05) is 0 Å². The maximum atomic E-state index is 12.5. The normalized spacial score (nSPS) is 12.8. The molecule has 0 aliphatic heterocycles. The Kier molecular flexibility index (Phi) is 3.86. The molecular weight excluding hydrogens is 169 g/mol. The van der Waals surface area contributed by atoms with Gasteiger partial charge in [0, 0.05) is 19.8 Å². The molecule has 0 aromatic heterocycles. The van der Waals surface area contributed by atoms with Crippen LogP contribution in [0.5, 0.6) is 0 Å². The van der Waals surface area contributed by atoms with Crippen molar-refractivity contribution in [2.45, 2.75) is 12.5 Å². The summed E-state index contributed by atoms with van der Waals surface area (Å²) in [6.45, 7) is 0.624. The molecule has 0 saturated carbocycles. The third kappa shape index (κ3) is 3.13. The third-order valence-electron chi connectivity index (χ3n) is 1.93. The Bertz CT molecular complexity index is 248. The fraction of sp³-hybridized carbons (Fsp3) is 0.400. The van der Waals surface area contributed by atoms with Crippen LogP contribution in [0.4, 0.5) is 4.39 Å². The molecule has 13 heavy (non-hydrogen) atoms. The predicted octanol–water partition coefficient (Wildman–Crippen LogP) is 1.86. The zero-order valence-corrected chi connectivity index (χ0v) is 7.66. The number of hydrogen-bond acceptors (Lipinski definition) is 2. The van der Waals surface area contributed by atoms with Gasteiger partial charge in [0.1, 0.15) is 5.82 Å². The fourth-order valence-corrected chi connectivity index (χ4v) is 1.12. The van der Waals surface area contributed by atoms with Crippen molar-refractivity contribution in [3.8, 4) is 0 Å². The first-order valence-corrected chi connectivity index (χ1v) is 4.24. The van der Waals surface area contributed by atoms with E-state index in [0.717, 1.165) is 12.0 Å². The van der Waals surface area contributed by atoms with E-state index in [9.17, 15) is 4.39 Å². The monoisotopic (exact) mass is 183 g/mol. The lowest BCUT2D eigenvalue weighted by Crippen LogP contribution is -2.12. The summed E-state index contributed by atoms with van der Waals surface area (Å²) in [7, 11) is 1.64. The van der Waals surface area contributed by atoms with E-state index in [0.29, 0.717) is 6.61 Å². The maximum absolute atomic E-state index is 12.5. The number of nitrogens with two attached hydrogens (primary N) is 1. The first kappa shape index (κ1) is 10.2. The van der Waals surface area contributed by atoms with E-state index < -0.39 is 0 Å². The molecule has 0 amide bonds. The van der Waals surface area contributed by atoms with E-state index in [4.69, 9.17) is 10.5 Å². The molecule has 0 aliphatic rings. The van der Waals surface area contributed by atoms with Crippen molar-refractivity contribution in [3.63, 3.8) is 0 Å². The lowest BCUT2D eigenvalue weighted by molar-refractivity contribution is 0.188. The standard InChI is InChI=1S/C10H14FNO/c1-13-7-6-10(12)8-2-4-9(11)5-3-8/h2-5,10H,6-7,12H2,1H3. The van der Waals surface area contributed by atoms with Gasteiger partial charge in [0.15, 0.2) is 0 Å². The number of rotatable bonds is 4. The van der Waals surface area contributed by atoms with Crippen LogP contribution in [-0.2, 0) is 4.74 Å². The molecule has 1 aromatic carbocycles. The number of benzene rings is 1. The van der Waals surface area contributed by atoms with Crippen LogP contribution in [0, 0.1) is 5.82 Å². The van der Waals surface area contributed by atoms with Crippen LogP contribution in [0.15, 0.2) is 24.3 Å². The van der Waals surface area contributed by atoms with Crippen molar-refractivity contribution in [2.24, 2.45) is 5.73 Å². The molecular formula is C10H14FNO. The molecule has 0 radical (unpaired) electrons. The summed E-state index contributed by atoms with van der Waals surface area (Å²) in [6, 6.07) is 6.18. The lowest BCUT2D eigenvalue weighted by Gasteiger charge is -2.10. The van der Waals surface area contributed by atoms with E-state index in [1.165, 1.54) is 12.1 Å². The molecule has 0 aliphatic carbocycles. The summed E-state index contributed by atoms with van der Waals surface area (Å²) in [5.41, 5.74) is 6.77. The van der Waals surface area contributed by atoms with Gasteiger partial charge in [-0.2, -0.15) is 0 Å². The molecule has 0 spiro atoms. The van der Waals surface area contributed by atoms with Gasteiger partial charge < -0.3 is 10.5 Å². The molecule has 0 bridgehead atoms. The molecule has 72 valence electrons. The van der Waals surface area contributed by atoms with Crippen LogP contribution in [0.1, 0.15) is 18.0 Å². The number of ether oxygens (including phenoxy) is 1. The molecule has 0 fully saturated rings. The fourth-order valence-electron chi connectivity index (χ4n) is 1.12. The molecule has 1 rings (SSSR count). The Balaban J connectivity index is 2.55. The van der Waals surface area contributed by atoms with Gasteiger partial charge in [0.2, 0.25) is 0 Å². The van der Waals surface area contributed by atoms with Gasteiger partial charge in [-0.05, 0) is 24.1 Å². The summed E-state index contributed by atoms with van der Waals surface area (Å²) >= 11 is 0. The Morgan fingerprint density at radius 2 is 2.00 bits per heavy atom. The van der Waals surface area contributed by atoms with Gasteiger partial charge in [-0.15, -0.1) is 0 Å². The lowest BCUT2D eigenvalue weighted by atomic mass is 10.1. The van der Waals surface area contributed by atoms with E-state index in [2.05, 4.69) is 0 Å². The largest absolute Gasteiger partial charge is 0.385 e. The summed E-state index contributed by atoms with van der Waals surface area (Å²) in [5, 5.41) is 0. The van der Waals surface area contributed by atoms with Crippen molar-refractivity contribution in [1.29, 1.82) is 0 Å². The van der Waals surface area contributed by atoms with Crippen LogP contribution in [0.25, 0.3) is 0 Å². The second kappa shape index (κ2) is 4.94. The predicted molar refractivity (Wildman–Crippen MR) is 49.8 cm³/mol. The first-order chi connectivity index (χ1) is 6.24. The second-order valence-corrected chi connectivity index (χ2v) is 2.94. The van der Waals surface area contributed by atoms with Crippen LogP contribution in [-0.4, -0.2) is 13.7 Å². The Morgan fingerprint density at radius 1 is 1.38 bits per heavy atom. The van der Waals surface area contributed by atoms with Crippen molar-refractivity contribution in [3.05, 3.63) is 35.6 Å². The third-order valence-corrected chi connectivity index (χ3v) is 1.93. The summed E-state index contributed by atoms with van der Waals surface area (Å²) in [6.07, 6.45) is 0.752. The van der Waals surface area contributed by atoms with Gasteiger partial charge in [-0.3, -0.25) is 0 Å². The average Bonchev–Trinajstić information content (AvgIpc) is 2.15. The van der Waals surface area contributed by atoms with Crippen LogP contribution >= 0.6 is 0 Å². The highest BCUT2D eigenvalue weighted by Gasteiger charge is 2.04. The van der Waals surface area contributed by atoms with Gasteiger partial charge in [-0.25, -0.2) is 4.39 Å². The quantitative estimate of drug-likeness (QED) is 0.773.